The summed E-state index contributed by atoms with van der Waals surface area (Å²) in [6.07, 6.45) is 6.56. The first-order valence-corrected chi connectivity index (χ1v) is 8.73. The van der Waals surface area contributed by atoms with Gasteiger partial charge >= 0.3 is 5.97 Å². The second kappa shape index (κ2) is 11.0. The molecule has 0 amide bonds. The van der Waals surface area contributed by atoms with Crippen LogP contribution in [-0.2, 0) is 9.53 Å². The molecule has 0 radical (unpaired) electrons. The topological polar surface area (TPSA) is 41.6 Å². The minimum atomic E-state index is -0.0460. The van der Waals surface area contributed by atoms with E-state index in [-0.39, 0.29) is 5.97 Å². The van der Waals surface area contributed by atoms with Crippen molar-refractivity contribution in [2.24, 2.45) is 5.92 Å². The Bertz CT molecular complexity index is 282. The van der Waals surface area contributed by atoms with E-state index in [1.165, 1.54) is 38.9 Å². The Morgan fingerprint density at radius 3 is 2.86 bits per heavy atom. The van der Waals surface area contributed by atoms with Crippen LogP contribution in [0.5, 0.6) is 0 Å². The Balaban J connectivity index is 2.05. The standard InChI is InChI=1S/C17H34N2O2/c1-4-21-17(20)10-6-5-7-11-19-12-8-9-16(14-19)13-18-15(2)3/h15-16,18H,4-14H2,1-3H3. The molecule has 0 spiro atoms. The molecule has 1 aliphatic heterocycles. The Kier molecular flexibility index (Phi) is 9.68. The van der Waals surface area contributed by atoms with Crippen molar-refractivity contribution in [2.75, 3.05) is 32.8 Å². The molecule has 1 atom stereocenters. The molecule has 1 N–H and O–H groups in total. The number of piperidine rings is 1. The van der Waals surface area contributed by atoms with Gasteiger partial charge in [0.25, 0.3) is 0 Å². The lowest BCUT2D eigenvalue weighted by atomic mass is 9.97. The van der Waals surface area contributed by atoms with Gasteiger partial charge in [-0.2, -0.15) is 0 Å². The van der Waals surface area contributed by atoms with E-state index in [9.17, 15) is 4.79 Å². The summed E-state index contributed by atoms with van der Waals surface area (Å²) in [4.78, 5) is 13.8. The first-order chi connectivity index (χ1) is 10.1. The molecule has 1 fully saturated rings. The fraction of sp³-hybridized carbons (Fsp3) is 0.941. The Morgan fingerprint density at radius 1 is 1.33 bits per heavy atom. The van der Waals surface area contributed by atoms with Crippen molar-refractivity contribution in [3.63, 3.8) is 0 Å². The minimum Gasteiger partial charge on any atom is -0.466 e. The molecule has 1 heterocycles. The number of esters is 1. The quantitative estimate of drug-likeness (QED) is 0.497. The van der Waals surface area contributed by atoms with Crippen LogP contribution < -0.4 is 5.32 Å². The maximum Gasteiger partial charge on any atom is 0.305 e. The maximum absolute atomic E-state index is 11.2. The average Bonchev–Trinajstić information content (AvgIpc) is 2.45. The van der Waals surface area contributed by atoms with E-state index in [0.29, 0.717) is 19.1 Å². The third-order valence-electron chi connectivity index (χ3n) is 4.08. The predicted octanol–water partition coefficient (Wildman–Crippen LogP) is 2.82. The highest BCUT2D eigenvalue weighted by Crippen LogP contribution is 2.16. The summed E-state index contributed by atoms with van der Waals surface area (Å²) in [6, 6.07) is 0.586. The number of nitrogens with one attached hydrogen (secondary N) is 1. The fourth-order valence-electron chi connectivity index (χ4n) is 2.94. The molecule has 0 aliphatic carbocycles. The zero-order chi connectivity index (χ0) is 15.5. The smallest absolute Gasteiger partial charge is 0.305 e. The summed E-state index contributed by atoms with van der Waals surface area (Å²) < 4.78 is 4.94. The number of ether oxygens (including phenoxy) is 1. The van der Waals surface area contributed by atoms with Crippen molar-refractivity contribution in [2.45, 2.75) is 65.3 Å². The second-order valence-electron chi connectivity index (χ2n) is 6.49. The molecule has 0 aromatic heterocycles. The number of carbonyl (C=O) groups excluding carboxylic acids is 1. The predicted molar refractivity (Wildman–Crippen MR) is 87.4 cm³/mol. The molecule has 124 valence electrons. The highest BCUT2D eigenvalue weighted by Gasteiger charge is 2.19. The highest BCUT2D eigenvalue weighted by molar-refractivity contribution is 5.69. The van der Waals surface area contributed by atoms with E-state index in [1.807, 2.05) is 6.92 Å². The van der Waals surface area contributed by atoms with Crippen LogP contribution in [-0.4, -0.2) is 49.7 Å². The molecule has 1 unspecified atom stereocenters. The van der Waals surface area contributed by atoms with Gasteiger partial charge < -0.3 is 15.0 Å². The summed E-state index contributed by atoms with van der Waals surface area (Å²) in [5.41, 5.74) is 0. The van der Waals surface area contributed by atoms with Gasteiger partial charge in [-0.1, -0.05) is 20.3 Å². The van der Waals surface area contributed by atoms with Crippen molar-refractivity contribution in [1.29, 1.82) is 0 Å². The van der Waals surface area contributed by atoms with Gasteiger partial charge in [-0.25, -0.2) is 0 Å². The number of likely N-dealkylation sites (tertiary alicyclic amines) is 1. The monoisotopic (exact) mass is 298 g/mol. The van der Waals surface area contributed by atoms with Gasteiger partial charge in [0, 0.05) is 19.0 Å². The van der Waals surface area contributed by atoms with Crippen LogP contribution in [0.2, 0.25) is 0 Å². The Labute approximate surface area is 130 Å². The molecule has 0 aromatic carbocycles. The molecule has 4 heteroatoms. The highest BCUT2D eigenvalue weighted by atomic mass is 16.5. The largest absolute Gasteiger partial charge is 0.466 e. The van der Waals surface area contributed by atoms with Gasteiger partial charge in [0.1, 0.15) is 0 Å². The zero-order valence-electron chi connectivity index (χ0n) is 14.2. The number of unbranched alkanes of at least 4 members (excludes halogenated alkanes) is 2. The van der Waals surface area contributed by atoms with Gasteiger partial charge in [-0.3, -0.25) is 4.79 Å². The van der Waals surface area contributed by atoms with E-state index in [1.54, 1.807) is 0 Å². The zero-order valence-corrected chi connectivity index (χ0v) is 14.2. The summed E-state index contributed by atoms with van der Waals surface area (Å²) >= 11 is 0. The number of hydrogen-bond acceptors (Lipinski definition) is 4. The SMILES string of the molecule is CCOC(=O)CCCCCN1CCCC(CNC(C)C)C1. The molecule has 1 aliphatic rings. The van der Waals surface area contributed by atoms with E-state index in [0.717, 1.165) is 25.3 Å². The van der Waals surface area contributed by atoms with E-state index in [2.05, 4.69) is 24.1 Å². The fourth-order valence-corrected chi connectivity index (χ4v) is 2.94. The lowest BCUT2D eigenvalue weighted by molar-refractivity contribution is -0.143. The van der Waals surface area contributed by atoms with E-state index in [4.69, 9.17) is 4.74 Å². The number of hydrogen-bond donors (Lipinski definition) is 1. The Hall–Kier alpha value is -0.610. The molecular formula is C17H34N2O2. The van der Waals surface area contributed by atoms with Crippen molar-refractivity contribution in [3.05, 3.63) is 0 Å². The molecule has 1 saturated heterocycles. The number of carbonyl (C=O) groups is 1. The molecule has 0 aromatic rings. The third kappa shape index (κ3) is 9.10. The first-order valence-electron chi connectivity index (χ1n) is 8.73. The van der Waals surface area contributed by atoms with Crippen LogP contribution in [0, 0.1) is 5.92 Å². The van der Waals surface area contributed by atoms with Crippen LogP contribution in [0.1, 0.15) is 59.3 Å². The van der Waals surface area contributed by atoms with Crippen LogP contribution in [0.25, 0.3) is 0 Å². The third-order valence-corrected chi connectivity index (χ3v) is 4.08. The van der Waals surface area contributed by atoms with Crippen LogP contribution in [0.15, 0.2) is 0 Å². The summed E-state index contributed by atoms with van der Waals surface area (Å²) in [7, 11) is 0. The second-order valence-corrected chi connectivity index (χ2v) is 6.49. The molecule has 0 saturated carbocycles. The van der Waals surface area contributed by atoms with Crippen molar-refractivity contribution >= 4 is 5.97 Å². The van der Waals surface area contributed by atoms with Crippen molar-refractivity contribution < 1.29 is 9.53 Å². The number of rotatable bonds is 10. The molecule has 1 rings (SSSR count). The summed E-state index contributed by atoms with van der Waals surface area (Å²) in [5, 5.41) is 3.56. The average molecular weight is 298 g/mol. The lowest BCUT2D eigenvalue weighted by Gasteiger charge is -2.33. The van der Waals surface area contributed by atoms with Crippen LogP contribution >= 0.6 is 0 Å². The van der Waals surface area contributed by atoms with Gasteiger partial charge in [0.05, 0.1) is 6.61 Å². The van der Waals surface area contributed by atoms with Gasteiger partial charge in [0.15, 0.2) is 0 Å². The van der Waals surface area contributed by atoms with Crippen molar-refractivity contribution in [1.82, 2.24) is 10.2 Å². The van der Waals surface area contributed by atoms with E-state index >= 15 is 0 Å². The first kappa shape index (κ1) is 18.4. The number of nitrogens with zero attached hydrogens (tertiary/aromatic N) is 1. The Morgan fingerprint density at radius 2 is 2.14 bits per heavy atom. The molecule has 0 bridgehead atoms. The van der Waals surface area contributed by atoms with Gasteiger partial charge in [-0.05, 0) is 58.2 Å². The van der Waals surface area contributed by atoms with E-state index < -0.39 is 0 Å². The molecular weight excluding hydrogens is 264 g/mol. The minimum absolute atomic E-state index is 0.0460. The lowest BCUT2D eigenvalue weighted by Crippen LogP contribution is -2.41. The normalized spacial score (nSPS) is 19.9. The van der Waals surface area contributed by atoms with Crippen LogP contribution in [0.4, 0.5) is 0 Å². The van der Waals surface area contributed by atoms with Gasteiger partial charge in [0.2, 0.25) is 0 Å². The summed E-state index contributed by atoms with van der Waals surface area (Å²) in [6.45, 7) is 11.6. The molecule has 4 nitrogen and oxygen atoms in total. The molecule has 21 heavy (non-hydrogen) atoms. The van der Waals surface area contributed by atoms with Crippen LogP contribution in [0.3, 0.4) is 0 Å². The van der Waals surface area contributed by atoms with Crippen molar-refractivity contribution in [3.8, 4) is 0 Å². The summed E-state index contributed by atoms with van der Waals surface area (Å²) in [5.74, 6) is 0.760. The van der Waals surface area contributed by atoms with Gasteiger partial charge in [-0.15, -0.1) is 0 Å². The maximum atomic E-state index is 11.2.